The second kappa shape index (κ2) is 9.60. The Morgan fingerprint density at radius 1 is 1.00 bits per heavy atom. The molecule has 11 heteroatoms. The fourth-order valence-corrected chi connectivity index (χ4v) is 4.47. The number of carbonyl (C=O) groups excluding carboxylic acids is 1. The summed E-state index contributed by atoms with van der Waals surface area (Å²) in [6, 6.07) is 7.52. The molecule has 0 bridgehead atoms. The molecular formula is C28H23FN8O2. The first-order valence-corrected chi connectivity index (χ1v) is 12.3. The molecule has 6 rings (SSSR count). The number of rotatable bonds is 6. The standard InChI is InChI=1S/C28H23FN8O2/c1-14(2)3-25(39)33-18-5-16(9-30-10-18)22-8-20-23(13-32-22)36-37-27(20)28-34-24-12-31-11-21(26(24)35-28)15-4-17(29)7-19(38)6-15/h4-14,38H,3H2,1-2H3,(H,33,39)(H,34,35)(H,36,37). The van der Waals surface area contributed by atoms with Crippen LogP contribution in [0.1, 0.15) is 20.3 Å². The molecule has 0 aliphatic heterocycles. The van der Waals surface area contributed by atoms with Crippen molar-refractivity contribution in [2.75, 3.05) is 5.32 Å². The van der Waals surface area contributed by atoms with Crippen LogP contribution < -0.4 is 5.32 Å². The van der Waals surface area contributed by atoms with Gasteiger partial charge in [0.2, 0.25) is 5.91 Å². The zero-order valence-electron chi connectivity index (χ0n) is 21.0. The van der Waals surface area contributed by atoms with Gasteiger partial charge in [0.25, 0.3) is 0 Å². The fourth-order valence-electron chi connectivity index (χ4n) is 4.47. The van der Waals surface area contributed by atoms with Crippen LogP contribution >= 0.6 is 0 Å². The quantitative estimate of drug-likeness (QED) is 0.227. The fraction of sp³-hybridized carbons (Fsp3) is 0.143. The van der Waals surface area contributed by atoms with Crippen molar-refractivity contribution in [3.05, 3.63) is 67.1 Å². The third-order valence-electron chi connectivity index (χ3n) is 6.17. The van der Waals surface area contributed by atoms with E-state index in [9.17, 15) is 14.3 Å². The number of aromatic nitrogens is 7. The predicted octanol–water partition coefficient (Wildman–Crippen LogP) is 5.45. The molecule has 0 fully saturated rings. The number of aromatic amines is 2. The number of pyridine rings is 3. The minimum Gasteiger partial charge on any atom is -0.508 e. The van der Waals surface area contributed by atoms with Crippen LogP contribution in [0.5, 0.6) is 5.75 Å². The Bertz CT molecular complexity index is 1840. The molecule has 0 aliphatic carbocycles. The SMILES string of the molecule is CC(C)CC(=O)Nc1cncc(-c2cc3c(-c4nc5c(-c6cc(O)cc(F)c6)cncc5[nH]4)n[nH]c3cn2)c1. The van der Waals surface area contributed by atoms with E-state index in [1.165, 1.54) is 12.1 Å². The average molecular weight is 523 g/mol. The third kappa shape index (κ3) is 4.77. The lowest BCUT2D eigenvalue weighted by molar-refractivity contribution is -0.116. The summed E-state index contributed by atoms with van der Waals surface area (Å²) in [5.74, 6) is -0.0908. The number of phenolic OH excluding ortho intramolecular Hbond substituents is 1. The van der Waals surface area contributed by atoms with Crippen molar-refractivity contribution in [1.29, 1.82) is 0 Å². The smallest absolute Gasteiger partial charge is 0.224 e. The molecule has 5 aromatic heterocycles. The number of anilines is 1. The second-order valence-electron chi connectivity index (χ2n) is 9.66. The number of benzene rings is 1. The van der Waals surface area contributed by atoms with Crippen LogP contribution in [0.2, 0.25) is 0 Å². The van der Waals surface area contributed by atoms with E-state index in [0.717, 1.165) is 17.0 Å². The number of hydrogen-bond donors (Lipinski definition) is 4. The Balaban J connectivity index is 1.39. The van der Waals surface area contributed by atoms with E-state index >= 15 is 0 Å². The van der Waals surface area contributed by atoms with Crippen LogP contribution in [0, 0.1) is 11.7 Å². The Hall–Kier alpha value is -5.19. The highest BCUT2D eigenvalue weighted by atomic mass is 19.1. The molecule has 6 aromatic rings. The van der Waals surface area contributed by atoms with E-state index in [-0.39, 0.29) is 17.6 Å². The van der Waals surface area contributed by atoms with E-state index in [2.05, 4.69) is 35.5 Å². The lowest BCUT2D eigenvalue weighted by Gasteiger charge is -2.08. The van der Waals surface area contributed by atoms with Crippen molar-refractivity contribution in [2.24, 2.45) is 5.92 Å². The summed E-state index contributed by atoms with van der Waals surface area (Å²) in [6.07, 6.45) is 8.58. The number of nitrogens with one attached hydrogen (secondary N) is 3. The number of carbonyl (C=O) groups is 1. The van der Waals surface area contributed by atoms with Gasteiger partial charge in [0.15, 0.2) is 5.82 Å². The van der Waals surface area contributed by atoms with Crippen molar-refractivity contribution in [1.82, 2.24) is 35.1 Å². The number of phenols is 1. The second-order valence-corrected chi connectivity index (χ2v) is 9.66. The number of H-pyrrole nitrogens is 2. The number of amides is 1. The summed E-state index contributed by atoms with van der Waals surface area (Å²) in [5, 5.41) is 21.0. The van der Waals surface area contributed by atoms with E-state index in [4.69, 9.17) is 4.98 Å². The van der Waals surface area contributed by atoms with Crippen molar-refractivity contribution >= 4 is 33.5 Å². The van der Waals surface area contributed by atoms with Gasteiger partial charge >= 0.3 is 0 Å². The van der Waals surface area contributed by atoms with E-state index in [1.807, 2.05) is 26.0 Å². The van der Waals surface area contributed by atoms with Crippen LogP contribution in [0.3, 0.4) is 0 Å². The average Bonchev–Trinajstić information content (AvgIpc) is 3.51. The lowest BCUT2D eigenvalue weighted by atomic mass is 10.1. The Morgan fingerprint density at radius 3 is 2.67 bits per heavy atom. The number of hydrogen-bond acceptors (Lipinski definition) is 7. The first kappa shape index (κ1) is 24.2. The summed E-state index contributed by atoms with van der Waals surface area (Å²) < 4.78 is 14.0. The molecule has 39 heavy (non-hydrogen) atoms. The maximum absolute atomic E-state index is 14.0. The molecule has 1 aromatic carbocycles. The number of fused-ring (bicyclic) bond motifs is 2. The van der Waals surface area contributed by atoms with Crippen LogP contribution in [0.15, 0.2) is 61.3 Å². The van der Waals surface area contributed by atoms with E-state index < -0.39 is 5.82 Å². The highest BCUT2D eigenvalue weighted by molar-refractivity contribution is 5.97. The third-order valence-corrected chi connectivity index (χ3v) is 6.17. The Labute approximate surface area is 221 Å². The maximum Gasteiger partial charge on any atom is 0.224 e. The first-order valence-electron chi connectivity index (χ1n) is 12.3. The van der Waals surface area contributed by atoms with Gasteiger partial charge in [-0.05, 0) is 35.7 Å². The number of aromatic hydroxyl groups is 1. The topological polar surface area (TPSA) is 145 Å². The molecular weight excluding hydrogens is 499 g/mol. The molecule has 0 spiro atoms. The highest BCUT2D eigenvalue weighted by Crippen LogP contribution is 2.33. The molecule has 0 saturated carbocycles. The van der Waals surface area contributed by atoms with E-state index in [0.29, 0.717) is 57.0 Å². The molecule has 194 valence electrons. The van der Waals surface area contributed by atoms with Gasteiger partial charge in [-0.25, -0.2) is 9.37 Å². The summed E-state index contributed by atoms with van der Waals surface area (Å²) in [6.45, 7) is 3.98. The number of imidazole rings is 1. The predicted molar refractivity (Wildman–Crippen MR) is 145 cm³/mol. The molecule has 0 atom stereocenters. The van der Waals surface area contributed by atoms with Crippen molar-refractivity contribution < 1.29 is 14.3 Å². The van der Waals surface area contributed by atoms with Gasteiger partial charge < -0.3 is 15.4 Å². The van der Waals surface area contributed by atoms with Gasteiger partial charge in [-0.3, -0.25) is 24.8 Å². The molecule has 1 amide bonds. The Kier molecular flexibility index (Phi) is 5.95. The zero-order chi connectivity index (χ0) is 27.1. The van der Waals surface area contributed by atoms with Crippen LogP contribution in [-0.4, -0.2) is 46.1 Å². The first-order chi connectivity index (χ1) is 18.8. The molecule has 0 radical (unpaired) electrons. The van der Waals surface area contributed by atoms with Gasteiger partial charge in [0, 0.05) is 41.4 Å². The molecule has 0 unspecified atom stereocenters. The summed E-state index contributed by atoms with van der Waals surface area (Å²) in [4.78, 5) is 33.3. The van der Waals surface area contributed by atoms with Crippen LogP contribution in [0.25, 0.3) is 55.8 Å². The number of nitrogens with zero attached hydrogens (tertiary/aromatic N) is 5. The summed E-state index contributed by atoms with van der Waals surface area (Å²) in [5.41, 5.74) is 5.44. The zero-order valence-corrected chi connectivity index (χ0v) is 21.0. The molecule has 5 heterocycles. The lowest BCUT2D eigenvalue weighted by Crippen LogP contribution is -2.13. The van der Waals surface area contributed by atoms with Gasteiger partial charge in [0.05, 0.1) is 46.5 Å². The largest absolute Gasteiger partial charge is 0.508 e. The minimum atomic E-state index is -0.561. The van der Waals surface area contributed by atoms with Gasteiger partial charge in [-0.1, -0.05) is 13.8 Å². The molecule has 0 aliphatic rings. The number of halogens is 1. The van der Waals surface area contributed by atoms with Gasteiger partial charge in [-0.2, -0.15) is 5.10 Å². The highest BCUT2D eigenvalue weighted by Gasteiger charge is 2.17. The van der Waals surface area contributed by atoms with Gasteiger partial charge in [-0.15, -0.1) is 0 Å². The Morgan fingerprint density at radius 2 is 1.85 bits per heavy atom. The summed E-state index contributed by atoms with van der Waals surface area (Å²) in [7, 11) is 0. The van der Waals surface area contributed by atoms with Crippen molar-refractivity contribution in [2.45, 2.75) is 20.3 Å². The van der Waals surface area contributed by atoms with Crippen molar-refractivity contribution in [3.63, 3.8) is 0 Å². The maximum atomic E-state index is 14.0. The molecule has 4 N–H and O–H groups in total. The normalized spacial score (nSPS) is 11.5. The molecule has 10 nitrogen and oxygen atoms in total. The monoisotopic (exact) mass is 522 g/mol. The minimum absolute atomic E-state index is 0.0725. The summed E-state index contributed by atoms with van der Waals surface area (Å²) >= 11 is 0. The van der Waals surface area contributed by atoms with Gasteiger partial charge in [0.1, 0.15) is 17.3 Å². The van der Waals surface area contributed by atoms with Crippen LogP contribution in [-0.2, 0) is 4.79 Å². The van der Waals surface area contributed by atoms with Crippen LogP contribution in [0.4, 0.5) is 10.1 Å². The van der Waals surface area contributed by atoms with Crippen molar-refractivity contribution in [3.8, 4) is 39.7 Å². The van der Waals surface area contributed by atoms with E-state index in [1.54, 1.807) is 31.0 Å². The molecule has 0 saturated heterocycles.